The number of hydrogen-bond acceptors (Lipinski definition) is 6. The average Bonchev–Trinajstić information content (AvgIpc) is 3.32. The first-order chi connectivity index (χ1) is 14.1. The first-order valence-corrected chi connectivity index (χ1v) is 9.56. The van der Waals surface area contributed by atoms with Crippen molar-refractivity contribution in [3.63, 3.8) is 0 Å². The second-order valence-corrected chi connectivity index (χ2v) is 7.02. The highest BCUT2D eigenvalue weighted by Gasteiger charge is 2.22. The Morgan fingerprint density at radius 2 is 2.10 bits per heavy atom. The van der Waals surface area contributed by atoms with Crippen molar-refractivity contribution in [2.75, 3.05) is 6.61 Å². The van der Waals surface area contributed by atoms with Crippen LogP contribution in [0.4, 0.5) is 0 Å². The highest BCUT2D eigenvalue weighted by atomic mass is 16.5. The first-order valence-electron chi connectivity index (χ1n) is 9.56. The van der Waals surface area contributed by atoms with E-state index in [2.05, 4.69) is 16.2 Å². The summed E-state index contributed by atoms with van der Waals surface area (Å²) in [5.41, 5.74) is 4.09. The van der Waals surface area contributed by atoms with Crippen molar-refractivity contribution < 1.29 is 14.0 Å². The Bertz CT molecular complexity index is 1110. The molecule has 6 heteroatoms. The highest BCUT2D eigenvalue weighted by Crippen LogP contribution is 2.36. The van der Waals surface area contributed by atoms with Crippen molar-refractivity contribution in [1.82, 2.24) is 10.1 Å². The predicted octanol–water partition coefficient (Wildman–Crippen LogP) is 4.83. The van der Waals surface area contributed by atoms with E-state index >= 15 is 0 Å². The van der Waals surface area contributed by atoms with Crippen molar-refractivity contribution >= 4 is 11.6 Å². The van der Waals surface area contributed by atoms with E-state index in [-0.39, 0.29) is 17.6 Å². The van der Waals surface area contributed by atoms with E-state index in [0.717, 1.165) is 34.4 Å². The van der Waals surface area contributed by atoms with Gasteiger partial charge < -0.3 is 14.0 Å². The van der Waals surface area contributed by atoms with Crippen LogP contribution >= 0.6 is 0 Å². The maximum absolute atomic E-state index is 9.70. The van der Waals surface area contributed by atoms with Gasteiger partial charge in [0, 0.05) is 23.1 Å². The molecule has 6 nitrogen and oxygen atoms in total. The molecule has 2 aromatic carbocycles. The van der Waals surface area contributed by atoms with Gasteiger partial charge in [0.2, 0.25) is 5.82 Å². The van der Waals surface area contributed by atoms with Gasteiger partial charge in [-0.2, -0.15) is 10.2 Å². The topological polar surface area (TPSA) is 81.2 Å². The van der Waals surface area contributed by atoms with E-state index in [9.17, 15) is 5.26 Å². The van der Waals surface area contributed by atoms with Gasteiger partial charge in [0.1, 0.15) is 29.2 Å². The van der Waals surface area contributed by atoms with E-state index in [4.69, 9.17) is 14.0 Å². The van der Waals surface area contributed by atoms with Crippen molar-refractivity contribution in [3.8, 4) is 29.0 Å². The summed E-state index contributed by atoms with van der Waals surface area (Å²) in [6.45, 7) is 6.49. The van der Waals surface area contributed by atoms with Gasteiger partial charge in [-0.3, -0.25) is 0 Å². The van der Waals surface area contributed by atoms with Crippen LogP contribution in [0.5, 0.6) is 11.5 Å². The molecule has 2 heterocycles. The standard InChI is InChI=1S/C23H21N3O3/c1-4-27-20-11-17-9-15(3)28-21(17)12-18(20)10-19(13-24)23-25-22(26-29-23)16-7-5-14(2)6-8-16/h5-8,10-12,15H,4,9H2,1-3H3/b19-10+/t15-/m1/s1. The molecular formula is C23H21N3O3. The minimum absolute atomic E-state index is 0.127. The Balaban J connectivity index is 1.71. The van der Waals surface area contributed by atoms with Gasteiger partial charge in [-0.1, -0.05) is 35.0 Å². The second-order valence-electron chi connectivity index (χ2n) is 7.02. The Hall–Kier alpha value is -3.59. The van der Waals surface area contributed by atoms with Crippen LogP contribution in [0, 0.1) is 18.3 Å². The molecule has 0 bridgehead atoms. The lowest BCUT2D eigenvalue weighted by atomic mass is 10.0. The third-order valence-corrected chi connectivity index (χ3v) is 4.71. The van der Waals surface area contributed by atoms with Crippen LogP contribution in [0.15, 0.2) is 40.9 Å². The van der Waals surface area contributed by atoms with E-state index in [1.807, 2.05) is 57.2 Å². The summed E-state index contributed by atoms with van der Waals surface area (Å²) in [4.78, 5) is 4.40. The number of nitrogens with zero attached hydrogens (tertiary/aromatic N) is 3. The molecule has 0 saturated heterocycles. The lowest BCUT2D eigenvalue weighted by Crippen LogP contribution is -2.05. The molecule has 29 heavy (non-hydrogen) atoms. The Labute approximate surface area is 169 Å². The van der Waals surface area contributed by atoms with Gasteiger partial charge in [0.15, 0.2) is 0 Å². The summed E-state index contributed by atoms with van der Waals surface area (Å²) in [6, 6.07) is 13.8. The summed E-state index contributed by atoms with van der Waals surface area (Å²) in [5, 5.41) is 13.7. The average molecular weight is 387 g/mol. The molecule has 0 N–H and O–H groups in total. The van der Waals surface area contributed by atoms with Crippen LogP contribution in [0.3, 0.4) is 0 Å². The number of nitriles is 1. The molecule has 0 amide bonds. The van der Waals surface area contributed by atoms with Crippen molar-refractivity contribution in [3.05, 3.63) is 59.0 Å². The van der Waals surface area contributed by atoms with Gasteiger partial charge in [0.05, 0.1) is 6.61 Å². The molecule has 1 aliphatic heterocycles. The Kier molecular flexibility index (Phi) is 5.05. The third-order valence-electron chi connectivity index (χ3n) is 4.71. The monoisotopic (exact) mass is 387 g/mol. The summed E-state index contributed by atoms with van der Waals surface area (Å²) in [5.74, 6) is 2.13. The van der Waals surface area contributed by atoms with Crippen molar-refractivity contribution in [2.45, 2.75) is 33.3 Å². The van der Waals surface area contributed by atoms with Crippen LogP contribution in [0.2, 0.25) is 0 Å². The van der Waals surface area contributed by atoms with E-state index in [0.29, 0.717) is 18.2 Å². The van der Waals surface area contributed by atoms with Gasteiger partial charge in [0.25, 0.3) is 5.89 Å². The number of allylic oxidation sites excluding steroid dienone is 1. The fourth-order valence-corrected chi connectivity index (χ4v) is 3.30. The summed E-state index contributed by atoms with van der Waals surface area (Å²) >= 11 is 0. The normalized spacial score (nSPS) is 15.5. The number of aromatic nitrogens is 2. The lowest BCUT2D eigenvalue weighted by molar-refractivity contribution is 0.254. The smallest absolute Gasteiger partial charge is 0.268 e. The molecule has 0 unspecified atom stereocenters. The lowest BCUT2D eigenvalue weighted by Gasteiger charge is -2.10. The minimum atomic E-state index is 0.127. The summed E-state index contributed by atoms with van der Waals surface area (Å²) in [7, 11) is 0. The van der Waals surface area contributed by atoms with E-state index in [1.54, 1.807) is 6.08 Å². The van der Waals surface area contributed by atoms with Crippen molar-refractivity contribution in [2.24, 2.45) is 0 Å². The zero-order chi connectivity index (χ0) is 20.4. The summed E-state index contributed by atoms with van der Waals surface area (Å²) in [6.07, 6.45) is 2.67. The fourth-order valence-electron chi connectivity index (χ4n) is 3.30. The molecule has 3 aromatic rings. The minimum Gasteiger partial charge on any atom is -0.493 e. The maximum atomic E-state index is 9.70. The molecule has 146 valence electrons. The molecule has 1 aliphatic rings. The SMILES string of the molecule is CCOc1cc2c(cc1/C=C(\C#N)c1nc(-c3ccc(C)cc3)no1)O[C@H](C)C2. The zero-order valence-corrected chi connectivity index (χ0v) is 16.6. The van der Waals surface area contributed by atoms with Gasteiger partial charge in [-0.15, -0.1) is 0 Å². The molecule has 1 atom stereocenters. The molecule has 4 rings (SSSR count). The van der Waals surface area contributed by atoms with Crippen LogP contribution in [0.25, 0.3) is 23.0 Å². The molecular weight excluding hydrogens is 366 g/mol. The second kappa shape index (κ2) is 7.80. The largest absolute Gasteiger partial charge is 0.493 e. The number of rotatable bonds is 5. The number of hydrogen-bond donors (Lipinski definition) is 0. The number of aryl methyl sites for hydroxylation is 1. The summed E-state index contributed by atoms with van der Waals surface area (Å²) < 4.78 is 17.0. The zero-order valence-electron chi connectivity index (χ0n) is 16.6. The van der Waals surface area contributed by atoms with Crippen LogP contribution in [-0.2, 0) is 6.42 Å². The van der Waals surface area contributed by atoms with Crippen LogP contribution in [-0.4, -0.2) is 22.9 Å². The fraction of sp³-hybridized carbons (Fsp3) is 0.261. The number of ether oxygens (including phenoxy) is 2. The molecule has 0 fully saturated rings. The van der Waals surface area contributed by atoms with Gasteiger partial charge in [-0.05, 0) is 39.0 Å². The third kappa shape index (κ3) is 3.85. The van der Waals surface area contributed by atoms with E-state index in [1.165, 1.54) is 0 Å². The Morgan fingerprint density at radius 1 is 1.31 bits per heavy atom. The predicted molar refractivity (Wildman–Crippen MR) is 109 cm³/mol. The highest BCUT2D eigenvalue weighted by molar-refractivity contribution is 5.88. The number of fused-ring (bicyclic) bond motifs is 1. The van der Waals surface area contributed by atoms with Crippen LogP contribution < -0.4 is 9.47 Å². The van der Waals surface area contributed by atoms with Gasteiger partial charge in [-0.25, -0.2) is 0 Å². The molecule has 0 radical (unpaired) electrons. The molecule has 1 aromatic heterocycles. The molecule has 0 saturated carbocycles. The molecule has 0 aliphatic carbocycles. The van der Waals surface area contributed by atoms with E-state index < -0.39 is 0 Å². The maximum Gasteiger partial charge on any atom is 0.268 e. The van der Waals surface area contributed by atoms with Crippen molar-refractivity contribution in [1.29, 1.82) is 5.26 Å². The Morgan fingerprint density at radius 3 is 2.83 bits per heavy atom. The quantitative estimate of drug-likeness (QED) is 0.583. The molecule has 0 spiro atoms. The number of benzene rings is 2. The van der Waals surface area contributed by atoms with Crippen LogP contribution in [0.1, 0.15) is 36.4 Å². The first kappa shape index (κ1) is 18.8. The van der Waals surface area contributed by atoms with Gasteiger partial charge >= 0.3 is 0 Å².